The molecule has 90 valence electrons. The molecule has 0 saturated carbocycles. The number of rotatable bonds is 6. The first kappa shape index (κ1) is 13.7. The van der Waals surface area contributed by atoms with Gasteiger partial charge in [0.05, 0.1) is 17.3 Å². The molecule has 0 bridgehead atoms. The molecule has 4 heteroatoms. The van der Waals surface area contributed by atoms with Crippen LogP contribution in [0.25, 0.3) is 0 Å². The van der Waals surface area contributed by atoms with Crippen molar-refractivity contribution in [3.05, 3.63) is 21.6 Å². The first-order valence-electron chi connectivity index (χ1n) is 5.52. The SMILES string of the molecule is CCCCCCOc1c(N)cc(Br)cc1Cl. The van der Waals surface area contributed by atoms with Crippen molar-refractivity contribution in [3.8, 4) is 5.75 Å². The van der Waals surface area contributed by atoms with E-state index < -0.39 is 0 Å². The van der Waals surface area contributed by atoms with Gasteiger partial charge in [0.15, 0.2) is 5.75 Å². The minimum Gasteiger partial charge on any atom is -0.490 e. The summed E-state index contributed by atoms with van der Waals surface area (Å²) in [6.07, 6.45) is 4.69. The highest BCUT2D eigenvalue weighted by atomic mass is 79.9. The van der Waals surface area contributed by atoms with Crippen molar-refractivity contribution in [2.24, 2.45) is 0 Å². The average molecular weight is 307 g/mol. The van der Waals surface area contributed by atoms with Gasteiger partial charge in [-0.1, -0.05) is 53.7 Å². The third kappa shape index (κ3) is 4.22. The molecule has 2 nitrogen and oxygen atoms in total. The van der Waals surface area contributed by atoms with Crippen LogP contribution in [-0.4, -0.2) is 6.61 Å². The molecule has 1 aromatic carbocycles. The van der Waals surface area contributed by atoms with E-state index in [1.807, 2.05) is 0 Å². The fraction of sp³-hybridized carbons (Fsp3) is 0.500. The summed E-state index contributed by atoms with van der Waals surface area (Å²) in [5.41, 5.74) is 6.40. The molecule has 0 aliphatic heterocycles. The molecule has 0 spiro atoms. The third-order valence-corrected chi connectivity index (χ3v) is 3.02. The van der Waals surface area contributed by atoms with Crippen molar-refractivity contribution in [1.29, 1.82) is 0 Å². The van der Waals surface area contributed by atoms with Crippen LogP contribution in [0, 0.1) is 0 Å². The Morgan fingerprint density at radius 1 is 1.31 bits per heavy atom. The summed E-state index contributed by atoms with van der Waals surface area (Å²) in [4.78, 5) is 0. The Morgan fingerprint density at radius 2 is 2.06 bits per heavy atom. The van der Waals surface area contributed by atoms with Crippen molar-refractivity contribution >= 4 is 33.2 Å². The van der Waals surface area contributed by atoms with E-state index in [0.29, 0.717) is 23.1 Å². The molecule has 0 fully saturated rings. The molecule has 0 amide bonds. The van der Waals surface area contributed by atoms with Crippen LogP contribution in [0.2, 0.25) is 5.02 Å². The van der Waals surface area contributed by atoms with E-state index in [0.717, 1.165) is 10.9 Å². The zero-order valence-electron chi connectivity index (χ0n) is 9.43. The van der Waals surface area contributed by atoms with Gasteiger partial charge in [0.25, 0.3) is 0 Å². The van der Waals surface area contributed by atoms with Gasteiger partial charge in [-0.15, -0.1) is 0 Å². The number of unbranched alkanes of at least 4 members (excludes halogenated alkanes) is 3. The summed E-state index contributed by atoms with van der Waals surface area (Å²) in [6.45, 7) is 2.86. The number of nitrogen functional groups attached to an aromatic ring is 1. The molecular formula is C12H17BrClNO. The van der Waals surface area contributed by atoms with Crippen LogP contribution < -0.4 is 10.5 Å². The molecule has 0 heterocycles. The minimum atomic E-state index is 0.558. The lowest BCUT2D eigenvalue weighted by atomic mass is 10.2. The zero-order chi connectivity index (χ0) is 12.0. The van der Waals surface area contributed by atoms with Crippen molar-refractivity contribution in [2.75, 3.05) is 12.3 Å². The average Bonchev–Trinajstić information content (AvgIpc) is 2.20. The highest BCUT2D eigenvalue weighted by Crippen LogP contribution is 2.34. The van der Waals surface area contributed by atoms with E-state index >= 15 is 0 Å². The monoisotopic (exact) mass is 305 g/mol. The molecule has 0 aliphatic rings. The van der Waals surface area contributed by atoms with Crippen LogP contribution in [-0.2, 0) is 0 Å². The number of benzene rings is 1. The molecule has 16 heavy (non-hydrogen) atoms. The Morgan fingerprint density at radius 3 is 2.69 bits per heavy atom. The largest absolute Gasteiger partial charge is 0.490 e. The predicted octanol–water partition coefficient (Wildman–Crippen LogP) is 4.64. The van der Waals surface area contributed by atoms with Crippen molar-refractivity contribution in [3.63, 3.8) is 0 Å². The molecule has 0 saturated heterocycles. The maximum Gasteiger partial charge on any atom is 0.160 e. The number of halogens is 2. The lowest BCUT2D eigenvalue weighted by molar-refractivity contribution is 0.307. The van der Waals surface area contributed by atoms with E-state index in [9.17, 15) is 0 Å². The van der Waals surface area contributed by atoms with Crippen LogP contribution in [0.1, 0.15) is 32.6 Å². The molecule has 2 N–H and O–H groups in total. The minimum absolute atomic E-state index is 0.558. The molecule has 1 rings (SSSR count). The van der Waals surface area contributed by atoms with Crippen LogP contribution in [0.5, 0.6) is 5.75 Å². The van der Waals surface area contributed by atoms with Crippen molar-refractivity contribution in [2.45, 2.75) is 32.6 Å². The van der Waals surface area contributed by atoms with Gasteiger partial charge in [-0.2, -0.15) is 0 Å². The van der Waals surface area contributed by atoms with Gasteiger partial charge in [0.2, 0.25) is 0 Å². The molecule has 1 aromatic rings. The van der Waals surface area contributed by atoms with Gasteiger partial charge in [-0.05, 0) is 18.6 Å². The Kier molecular flexibility index (Phi) is 5.99. The summed E-state index contributed by atoms with van der Waals surface area (Å²) in [5, 5.41) is 0.558. The van der Waals surface area contributed by atoms with Gasteiger partial charge in [-0.3, -0.25) is 0 Å². The lowest BCUT2D eigenvalue weighted by Crippen LogP contribution is -2.01. The first-order valence-corrected chi connectivity index (χ1v) is 6.69. The van der Waals surface area contributed by atoms with Crippen LogP contribution in [0.4, 0.5) is 5.69 Å². The summed E-state index contributed by atoms with van der Waals surface area (Å²) >= 11 is 9.37. The normalized spacial score (nSPS) is 10.4. The number of ether oxygens (including phenoxy) is 1. The third-order valence-electron chi connectivity index (χ3n) is 2.28. The van der Waals surface area contributed by atoms with E-state index in [1.165, 1.54) is 19.3 Å². The van der Waals surface area contributed by atoms with Crippen LogP contribution >= 0.6 is 27.5 Å². The summed E-state index contributed by atoms with van der Waals surface area (Å²) < 4.78 is 6.46. The highest BCUT2D eigenvalue weighted by Gasteiger charge is 2.07. The maximum absolute atomic E-state index is 6.04. The maximum atomic E-state index is 6.04. The second-order valence-electron chi connectivity index (χ2n) is 3.72. The molecule has 0 unspecified atom stereocenters. The van der Waals surface area contributed by atoms with Crippen molar-refractivity contribution in [1.82, 2.24) is 0 Å². The standard InChI is InChI=1S/C12H17BrClNO/c1-2-3-4-5-6-16-12-10(14)7-9(13)8-11(12)15/h7-8H,2-6,15H2,1H3. The van der Waals surface area contributed by atoms with E-state index in [4.69, 9.17) is 22.1 Å². The quantitative estimate of drug-likeness (QED) is 0.613. The Labute approximate surface area is 110 Å². The van der Waals surface area contributed by atoms with Crippen molar-refractivity contribution < 1.29 is 4.74 Å². The van der Waals surface area contributed by atoms with E-state index in [1.54, 1.807) is 12.1 Å². The zero-order valence-corrected chi connectivity index (χ0v) is 11.8. The second kappa shape index (κ2) is 7.02. The summed E-state index contributed by atoms with van der Waals surface area (Å²) in [7, 11) is 0. The van der Waals surface area contributed by atoms with Gasteiger partial charge >= 0.3 is 0 Å². The van der Waals surface area contributed by atoms with Gasteiger partial charge < -0.3 is 10.5 Å². The Balaban J connectivity index is 2.47. The fourth-order valence-corrected chi connectivity index (χ4v) is 2.32. The molecule has 0 aliphatic carbocycles. The number of hydrogen-bond acceptors (Lipinski definition) is 2. The Bertz CT molecular complexity index is 321. The smallest absolute Gasteiger partial charge is 0.160 e. The fourth-order valence-electron chi connectivity index (χ4n) is 1.44. The predicted molar refractivity (Wildman–Crippen MR) is 73.2 cm³/mol. The Hall–Kier alpha value is -0.410. The molecule has 0 radical (unpaired) electrons. The number of anilines is 1. The first-order chi connectivity index (χ1) is 7.65. The topological polar surface area (TPSA) is 35.2 Å². The second-order valence-corrected chi connectivity index (χ2v) is 5.04. The van der Waals surface area contributed by atoms with E-state index in [-0.39, 0.29) is 0 Å². The van der Waals surface area contributed by atoms with Crippen LogP contribution in [0.15, 0.2) is 16.6 Å². The molecule has 0 aromatic heterocycles. The van der Waals surface area contributed by atoms with E-state index in [2.05, 4.69) is 22.9 Å². The number of hydrogen-bond donors (Lipinski definition) is 1. The van der Waals surface area contributed by atoms with Crippen LogP contribution in [0.3, 0.4) is 0 Å². The summed E-state index contributed by atoms with van der Waals surface area (Å²) in [5.74, 6) is 0.598. The highest BCUT2D eigenvalue weighted by molar-refractivity contribution is 9.10. The van der Waals surface area contributed by atoms with Gasteiger partial charge in [0.1, 0.15) is 0 Å². The molecular weight excluding hydrogens is 289 g/mol. The van der Waals surface area contributed by atoms with Gasteiger partial charge in [0, 0.05) is 4.47 Å². The lowest BCUT2D eigenvalue weighted by Gasteiger charge is -2.11. The van der Waals surface area contributed by atoms with Gasteiger partial charge in [-0.25, -0.2) is 0 Å². The number of nitrogens with two attached hydrogens (primary N) is 1. The summed E-state index contributed by atoms with van der Waals surface area (Å²) in [6, 6.07) is 3.59. The molecule has 0 atom stereocenters.